The molecule has 0 unspecified atom stereocenters. The molecule has 19 aromatic carbocycles. The van der Waals surface area contributed by atoms with Crippen LogP contribution in [0.25, 0.3) is 239 Å². The molecule has 6 heteroatoms. The normalized spacial score (nSPS) is 12.1. The van der Waals surface area contributed by atoms with Crippen LogP contribution in [0, 0.1) is 0 Å². The third kappa shape index (κ3) is 9.97. The highest BCUT2D eigenvalue weighted by atomic mass is 32.1. The van der Waals surface area contributed by atoms with Gasteiger partial charge in [0.25, 0.3) is 0 Å². The Morgan fingerprint density at radius 3 is 1.04 bits per heavy atom. The standard InChI is InChI=1S/C110H66N4S2/c1-3-18-72-60-74(35-34-67(72)16-1)69-36-52-82(53-37-69)113-102-57-45-75(70-38-48-80(49-39-70)111-98-29-9-5-20-87(98)88-21-6-10-30-99(88)111)62-95(102)90-55-44-79(65-104(90)113)86-26-14-28-94-108-84(24-15-33-107(108)116-110(86)94)77-47-59-101-97(64-77)89-22-7-11-31-100(89)112(101)81-50-40-71(41-51-81)76-46-58-103-96(63-76)91-56-43-78(85-25-13-27-93-92-23-8-12-32-106(92)115-109(85)93)66-105(91)114(103)83-54-42-68-17-2-4-19-73(68)61-83/h1-66H. The molecule has 0 saturated carbocycles. The Kier molecular flexibility index (Phi) is 14.2. The lowest BCUT2D eigenvalue weighted by Gasteiger charge is -2.12. The fraction of sp³-hybridized carbons (Fsp3) is 0. The first kappa shape index (κ1) is 64.9. The second kappa shape index (κ2) is 25.4. The van der Waals surface area contributed by atoms with Gasteiger partial charge in [-0.25, -0.2) is 0 Å². The Morgan fingerprint density at radius 2 is 0.483 bits per heavy atom. The van der Waals surface area contributed by atoms with Crippen molar-refractivity contribution in [1.29, 1.82) is 0 Å². The van der Waals surface area contributed by atoms with E-state index in [1.54, 1.807) is 0 Å². The fourth-order valence-electron chi connectivity index (χ4n) is 19.3. The molecule has 0 amide bonds. The van der Waals surface area contributed by atoms with Crippen molar-refractivity contribution in [2.45, 2.75) is 0 Å². The van der Waals surface area contributed by atoms with Crippen molar-refractivity contribution in [2.24, 2.45) is 0 Å². The molecule has 0 saturated heterocycles. The zero-order valence-electron chi connectivity index (χ0n) is 62.7. The smallest absolute Gasteiger partial charge is 0.0547 e. The van der Waals surface area contributed by atoms with E-state index in [0.717, 1.165) is 22.7 Å². The largest absolute Gasteiger partial charge is 0.309 e. The summed E-state index contributed by atoms with van der Waals surface area (Å²) in [5.41, 5.74) is 28.4. The molecule has 6 aromatic heterocycles. The van der Waals surface area contributed by atoms with Gasteiger partial charge in [0.2, 0.25) is 0 Å². The van der Waals surface area contributed by atoms with Crippen LogP contribution in [0.5, 0.6) is 0 Å². The zero-order chi connectivity index (χ0) is 75.8. The van der Waals surface area contributed by atoms with Crippen LogP contribution in [0.4, 0.5) is 0 Å². The van der Waals surface area contributed by atoms with E-state index in [-0.39, 0.29) is 0 Å². The van der Waals surface area contributed by atoms with Gasteiger partial charge in [-0.3, -0.25) is 0 Å². The molecule has 0 aliphatic rings. The predicted octanol–water partition coefficient (Wildman–Crippen LogP) is 31.1. The molecule has 0 aliphatic heterocycles. The van der Waals surface area contributed by atoms with Gasteiger partial charge in [-0.15, -0.1) is 22.7 Å². The molecule has 0 radical (unpaired) electrons. The number of fused-ring (bicyclic) bond motifs is 20. The number of thiophene rings is 2. The number of hydrogen-bond acceptors (Lipinski definition) is 2. The van der Waals surface area contributed by atoms with Gasteiger partial charge in [0, 0.05) is 106 Å². The van der Waals surface area contributed by atoms with E-state index in [2.05, 4.69) is 419 Å². The van der Waals surface area contributed by atoms with Gasteiger partial charge in [0.15, 0.2) is 0 Å². The van der Waals surface area contributed by atoms with E-state index in [4.69, 9.17) is 0 Å². The van der Waals surface area contributed by atoms with Gasteiger partial charge in [-0.1, -0.05) is 267 Å². The monoisotopic (exact) mass is 1510 g/mol. The first-order valence-corrected chi connectivity index (χ1v) is 41.5. The quantitative estimate of drug-likeness (QED) is 0.130. The molecule has 0 bridgehead atoms. The minimum atomic E-state index is 1.12. The summed E-state index contributed by atoms with van der Waals surface area (Å²) in [6.07, 6.45) is 0. The molecule has 25 rings (SSSR count). The molecule has 538 valence electrons. The summed E-state index contributed by atoms with van der Waals surface area (Å²) < 4.78 is 15.0. The number of para-hydroxylation sites is 3. The highest BCUT2D eigenvalue weighted by Crippen LogP contribution is 2.49. The van der Waals surface area contributed by atoms with E-state index in [1.165, 1.54) is 216 Å². The number of aromatic nitrogens is 4. The van der Waals surface area contributed by atoms with Crippen molar-refractivity contribution in [1.82, 2.24) is 18.3 Å². The Bertz CT molecular complexity index is 8390. The zero-order valence-corrected chi connectivity index (χ0v) is 64.3. The number of nitrogens with zero attached hydrogens (tertiary/aromatic N) is 4. The summed E-state index contributed by atoms with van der Waals surface area (Å²) in [7, 11) is 0. The third-order valence-corrected chi connectivity index (χ3v) is 27.2. The first-order chi connectivity index (χ1) is 57.5. The maximum Gasteiger partial charge on any atom is 0.0547 e. The van der Waals surface area contributed by atoms with Gasteiger partial charge in [0.1, 0.15) is 0 Å². The maximum absolute atomic E-state index is 2.48. The topological polar surface area (TPSA) is 19.7 Å². The van der Waals surface area contributed by atoms with Crippen molar-refractivity contribution >= 4 is 172 Å². The van der Waals surface area contributed by atoms with Crippen LogP contribution in [-0.2, 0) is 0 Å². The Labute approximate surface area is 675 Å². The molecule has 0 aliphatic carbocycles. The van der Waals surface area contributed by atoms with Crippen molar-refractivity contribution in [2.75, 3.05) is 0 Å². The van der Waals surface area contributed by atoms with Crippen molar-refractivity contribution in [3.63, 3.8) is 0 Å². The molecule has 6 heterocycles. The molecule has 0 spiro atoms. The van der Waals surface area contributed by atoms with E-state index >= 15 is 0 Å². The van der Waals surface area contributed by atoms with Gasteiger partial charge in [-0.2, -0.15) is 0 Å². The molecule has 0 N–H and O–H groups in total. The van der Waals surface area contributed by atoms with Crippen molar-refractivity contribution < 1.29 is 0 Å². The van der Waals surface area contributed by atoms with E-state index in [0.29, 0.717) is 0 Å². The van der Waals surface area contributed by atoms with Crippen LogP contribution in [0.15, 0.2) is 400 Å². The highest BCUT2D eigenvalue weighted by Gasteiger charge is 2.24. The molecular formula is C110H66N4S2. The van der Waals surface area contributed by atoms with E-state index in [9.17, 15) is 0 Å². The lowest BCUT2D eigenvalue weighted by molar-refractivity contribution is 1.18. The maximum atomic E-state index is 2.48. The predicted molar refractivity (Wildman–Crippen MR) is 497 cm³/mol. The van der Waals surface area contributed by atoms with Crippen LogP contribution in [0.2, 0.25) is 0 Å². The number of benzene rings is 19. The fourth-order valence-corrected chi connectivity index (χ4v) is 21.8. The molecule has 4 nitrogen and oxygen atoms in total. The summed E-state index contributed by atoms with van der Waals surface area (Å²) in [5, 5.41) is 20.0. The second-order valence-corrected chi connectivity index (χ2v) is 33.1. The van der Waals surface area contributed by atoms with Crippen LogP contribution >= 0.6 is 22.7 Å². The average molecular weight is 1510 g/mol. The highest BCUT2D eigenvalue weighted by molar-refractivity contribution is 7.26. The average Bonchev–Trinajstić information content (AvgIpc) is 1.60. The SMILES string of the molecule is c1ccc2cc(-c3ccc(-n4c5ccc(-c6ccc(-n7c8ccccc8c8ccccc87)cc6)cc5c5ccc(-c6cccc7c6sc6cccc(-c8ccc9c(c8)c8ccccc8n9-c8ccc(-c9ccc%10c(c9)c9ccc(-c%11cccc%12c%11sc%11ccccc%11%12)cc9n%10-c9ccc%10ccccc%10c9)cc8)c67)cc54)cc3)ccc2c1. The van der Waals surface area contributed by atoms with E-state index in [1.807, 2.05) is 22.7 Å². The minimum Gasteiger partial charge on any atom is -0.309 e. The minimum absolute atomic E-state index is 1.12. The van der Waals surface area contributed by atoms with E-state index < -0.39 is 0 Å². The van der Waals surface area contributed by atoms with Gasteiger partial charge < -0.3 is 18.3 Å². The number of hydrogen-bond donors (Lipinski definition) is 0. The molecule has 25 aromatic rings. The lowest BCUT2D eigenvalue weighted by atomic mass is 9.96. The summed E-state index contributed by atoms with van der Waals surface area (Å²) in [6, 6.07) is 150. The van der Waals surface area contributed by atoms with Gasteiger partial charge in [-0.05, 0) is 222 Å². The first-order valence-electron chi connectivity index (χ1n) is 39.8. The van der Waals surface area contributed by atoms with Crippen LogP contribution in [-0.4, -0.2) is 18.3 Å². The lowest BCUT2D eigenvalue weighted by Crippen LogP contribution is -1.94. The van der Waals surface area contributed by atoms with Crippen LogP contribution < -0.4 is 0 Å². The van der Waals surface area contributed by atoms with Crippen LogP contribution in [0.3, 0.4) is 0 Å². The molecular weight excluding hydrogens is 1440 g/mol. The molecule has 116 heavy (non-hydrogen) atoms. The van der Waals surface area contributed by atoms with Crippen molar-refractivity contribution in [3.8, 4) is 89.5 Å². The summed E-state index contributed by atoms with van der Waals surface area (Å²) in [4.78, 5) is 0. The number of rotatable bonds is 10. The van der Waals surface area contributed by atoms with Gasteiger partial charge >= 0.3 is 0 Å². The van der Waals surface area contributed by atoms with Crippen LogP contribution in [0.1, 0.15) is 0 Å². The Morgan fingerprint density at radius 1 is 0.155 bits per heavy atom. The Hall–Kier alpha value is -14.7. The summed E-state index contributed by atoms with van der Waals surface area (Å²) in [6.45, 7) is 0. The molecule has 0 atom stereocenters. The van der Waals surface area contributed by atoms with Gasteiger partial charge in [0.05, 0.1) is 44.1 Å². The third-order valence-electron chi connectivity index (χ3n) is 24.8. The molecule has 0 fully saturated rings. The summed E-state index contributed by atoms with van der Waals surface area (Å²) >= 11 is 3.79. The Balaban J connectivity index is 0.570. The summed E-state index contributed by atoms with van der Waals surface area (Å²) in [5.74, 6) is 0. The van der Waals surface area contributed by atoms with Crippen molar-refractivity contribution in [3.05, 3.63) is 400 Å². The second-order valence-electron chi connectivity index (χ2n) is 31.0.